The van der Waals surface area contributed by atoms with Crippen LogP contribution in [-0.2, 0) is 4.79 Å². The van der Waals surface area contributed by atoms with E-state index in [0.717, 1.165) is 5.56 Å². The maximum atomic E-state index is 12.2. The third kappa shape index (κ3) is 5.13. The molecule has 0 fully saturated rings. The van der Waals surface area contributed by atoms with E-state index >= 15 is 0 Å². The van der Waals surface area contributed by atoms with Gasteiger partial charge >= 0.3 is 0 Å². The van der Waals surface area contributed by atoms with E-state index in [1.807, 2.05) is 6.92 Å². The van der Waals surface area contributed by atoms with Crippen molar-refractivity contribution in [2.45, 2.75) is 19.9 Å². The molecule has 0 aliphatic heterocycles. The Kier molecular flexibility index (Phi) is 6.89. The molecule has 2 aromatic carbocycles. The Bertz CT molecular complexity index is 823. The molecule has 26 heavy (non-hydrogen) atoms. The molecule has 1 unspecified atom stereocenters. The minimum atomic E-state index is -0.318. The van der Waals surface area contributed by atoms with Crippen molar-refractivity contribution in [2.75, 3.05) is 13.7 Å². The van der Waals surface area contributed by atoms with Crippen molar-refractivity contribution < 1.29 is 19.1 Å². The van der Waals surface area contributed by atoms with Crippen molar-refractivity contribution >= 4 is 34.9 Å². The summed E-state index contributed by atoms with van der Waals surface area (Å²) in [5.74, 6) is 0.367. The molecular weight excluding hydrogens is 377 g/mol. The van der Waals surface area contributed by atoms with Gasteiger partial charge < -0.3 is 14.8 Å². The quantitative estimate of drug-likeness (QED) is 0.702. The summed E-state index contributed by atoms with van der Waals surface area (Å²) < 4.78 is 10.7. The zero-order valence-electron chi connectivity index (χ0n) is 14.6. The first kappa shape index (κ1) is 20.1. The van der Waals surface area contributed by atoms with Gasteiger partial charge in [0.15, 0.2) is 23.9 Å². The second-order valence-electron chi connectivity index (χ2n) is 5.67. The maximum absolute atomic E-state index is 12.2. The van der Waals surface area contributed by atoms with Crippen LogP contribution in [0.4, 0.5) is 0 Å². The number of amides is 1. The fourth-order valence-electron chi connectivity index (χ4n) is 2.36. The second kappa shape index (κ2) is 8.92. The highest BCUT2D eigenvalue weighted by Gasteiger charge is 2.15. The lowest BCUT2D eigenvalue weighted by molar-refractivity contribution is -0.123. The van der Waals surface area contributed by atoms with Crippen molar-refractivity contribution in [1.82, 2.24) is 5.32 Å². The minimum absolute atomic E-state index is 0.0822. The van der Waals surface area contributed by atoms with Crippen LogP contribution >= 0.6 is 23.2 Å². The SMILES string of the molecule is COc1cc(C(C)=O)ccc1OCC(=O)NC(C)c1ccc(Cl)cc1Cl. The highest BCUT2D eigenvalue weighted by atomic mass is 35.5. The Balaban J connectivity index is 1.99. The molecule has 0 saturated heterocycles. The van der Waals surface area contributed by atoms with E-state index in [4.69, 9.17) is 32.7 Å². The topological polar surface area (TPSA) is 64.6 Å². The highest BCUT2D eigenvalue weighted by molar-refractivity contribution is 6.35. The van der Waals surface area contributed by atoms with E-state index in [9.17, 15) is 9.59 Å². The average molecular weight is 396 g/mol. The molecule has 0 spiro atoms. The lowest BCUT2D eigenvalue weighted by atomic mass is 10.1. The Hall–Kier alpha value is -2.24. The van der Waals surface area contributed by atoms with E-state index in [1.165, 1.54) is 14.0 Å². The second-order valence-corrected chi connectivity index (χ2v) is 6.51. The summed E-state index contributed by atoms with van der Waals surface area (Å²) in [5.41, 5.74) is 1.26. The van der Waals surface area contributed by atoms with E-state index in [0.29, 0.717) is 27.1 Å². The summed E-state index contributed by atoms with van der Waals surface area (Å²) in [6.07, 6.45) is 0. The summed E-state index contributed by atoms with van der Waals surface area (Å²) >= 11 is 12.0. The number of methoxy groups -OCH3 is 1. The molecule has 2 aromatic rings. The molecule has 1 N–H and O–H groups in total. The van der Waals surface area contributed by atoms with Gasteiger partial charge in [-0.1, -0.05) is 29.3 Å². The third-order valence-corrected chi connectivity index (χ3v) is 4.30. The summed E-state index contributed by atoms with van der Waals surface area (Å²) in [7, 11) is 1.47. The first-order chi connectivity index (χ1) is 12.3. The molecule has 0 heterocycles. The van der Waals surface area contributed by atoms with Crippen LogP contribution in [0.2, 0.25) is 10.0 Å². The number of ketones is 1. The fraction of sp³-hybridized carbons (Fsp3) is 0.263. The molecule has 0 saturated carbocycles. The summed E-state index contributed by atoms with van der Waals surface area (Å²) in [4.78, 5) is 23.6. The largest absolute Gasteiger partial charge is 0.493 e. The van der Waals surface area contributed by atoms with Crippen molar-refractivity contribution in [2.24, 2.45) is 0 Å². The number of nitrogens with one attached hydrogen (secondary N) is 1. The lowest BCUT2D eigenvalue weighted by Crippen LogP contribution is -2.31. The molecule has 1 atom stereocenters. The molecule has 0 aliphatic rings. The van der Waals surface area contributed by atoms with E-state index in [2.05, 4.69) is 5.32 Å². The molecule has 1 amide bonds. The van der Waals surface area contributed by atoms with Crippen LogP contribution in [0.1, 0.15) is 35.8 Å². The van der Waals surface area contributed by atoms with Gasteiger partial charge in [-0.2, -0.15) is 0 Å². The number of halogens is 2. The summed E-state index contributed by atoms with van der Waals surface area (Å²) in [6.45, 7) is 3.08. The Labute approximate surface area is 162 Å². The van der Waals surface area contributed by atoms with Gasteiger partial charge in [0.25, 0.3) is 5.91 Å². The van der Waals surface area contributed by atoms with Crippen LogP contribution in [-0.4, -0.2) is 25.4 Å². The molecular formula is C19H19Cl2NO4. The number of hydrogen-bond acceptors (Lipinski definition) is 4. The first-order valence-electron chi connectivity index (χ1n) is 7.88. The van der Waals surface area contributed by atoms with Crippen LogP contribution in [0.3, 0.4) is 0 Å². The first-order valence-corrected chi connectivity index (χ1v) is 8.63. The molecule has 0 bridgehead atoms. The number of carbonyl (C=O) groups excluding carboxylic acids is 2. The normalized spacial score (nSPS) is 11.6. The Morgan fingerprint density at radius 2 is 1.85 bits per heavy atom. The smallest absolute Gasteiger partial charge is 0.258 e. The third-order valence-electron chi connectivity index (χ3n) is 3.74. The van der Waals surface area contributed by atoms with Gasteiger partial charge in [0, 0.05) is 15.6 Å². The van der Waals surface area contributed by atoms with Gasteiger partial charge in [-0.3, -0.25) is 9.59 Å². The Morgan fingerprint density at radius 1 is 1.12 bits per heavy atom. The van der Waals surface area contributed by atoms with E-state index < -0.39 is 0 Å². The molecule has 0 aliphatic carbocycles. The number of carbonyl (C=O) groups is 2. The zero-order valence-corrected chi connectivity index (χ0v) is 16.1. The van der Waals surface area contributed by atoms with Gasteiger partial charge in [0.05, 0.1) is 13.2 Å². The van der Waals surface area contributed by atoms with Gasteiger partial charge in [0.1, 0.15) is 0 Å². The van der Waals surface area contributed by atoms with Crippen LogP contribution in [0.5, 0.6) is 11.5 Å². The maximum Gasteiger partial charge on any atom is 0.258 e. The van der Waals surface area contributed by atoms with Gasteiger partial charge in [0.2, 0.25) is 0 Å². The van der Waals surface area contributed by atoms with E-state index in [1.54, 1.807) is 36.4 Å². The van der Waals surface area contributed by atoms with Crippen molar-refractivity contribution in [3.63, 3.8) is 0 Å². The number of Topliss-reactive ketones (excluding diaryl/α,β-unsaturated/α-hetero) is 1. The molecule has 0 aromatic heterocycles. The van der Waals surface area contributed by atoms with Crippen LogP contribution < -0.4 is 14.8 Å². The Morgan fingerprint density at radius 3 is 2.46 bits per heavy atom. The van der Waals surface area contributed by atoms with Gasteiger partial charge in [-0.15, -0.1) is 0 Å². The fourth-order valence-corrected chi connectivity index (χ4v) is 2.93. The lowest BCUT2D eigenvalue weighted by Gasteiger charge is -2.17. The predicted octanol–water partition coefficient (Wildman–Crippen LogP) is 4.46. The monoisotopic (exact) mass is 395 g/mol. The molecule has 5 nitrogen and oxygen atoms in total. The standard InChI is InChI=1S/C19H19Cl2NO4/c1-11(15-6-5-14(20)9-16(15)21)22-19(24)10-26-17-7-4-13(12(2)23)8-18(17)25-3/h4-9,11H,10H2,1-3H3,(H,22,24). The van der Waals surface area contributed by atoms with Crippen LogP contribution in [0.15, 0.2) is 36.4 Å². The molecule has 138 valence electrons. The molecule has 7 heteroatoms. The highest BCUT2D eigenvalue weighted by Crippen LogP contribution is 2.29. The van der Waals surface area contributed by atoms with Crippen molar-refractivity contribution in [3.05, 3.63) is 57.6 Å². The van der Waals surface area contributed by atoms with Crippen LogP contribution in [0.25, 0.3) is 0 Å². The zero-order chi connectivity index (χ0) is 19.3. The number of hydrogen-bond donors (Lipinski definition) is 1. The van der Waals surface area contributed by atoms with Crippen molar-refractivity contribution in [1.29, 1.82) is 0 Å². The van der Waals surface area contributed by atoms with Crippen LogP contribution in [0, 0.1) is 0 Å². The predicted molar refractivity (Wildman–Crippen MR) is 102 cm³/mol. The number of rotatable bonds is 7. The molecule has 2 rings (SSSR count). The summed E-state index contributed by atoms with van der Waals surface area (Å²) in [6, 6.07) is 9.59. The summed E-state index contributed by atoms with van der Waals surface area (Å²) in [5, 5.41) is 3.82. The number of benzene rings is 2. The number of ether oxygens (including phenoxy) is 2. The van der Waals surface area contributed by atoms with Crippen molar-refractivity contribution in [3.8, 4) is 11.5 Å². The van der Waals surface area contributed by atoms with Gasteiger partial charge in [-0.05, 0) is 49.7 Å². The van der Waals surface area contributed by atoms with E-state index in [-0.39, 0.29) is 24.3 Å². The average Bonchev–Trinajstić information content (AvgIpc) is 2.59. The minimum Gasteiger partial charge on any atom is -0.493 e. The molecule has 0 radical (unpaired) electrons. The van der Waals surface area contributed by atoms with Gasteiger partial charge in [-0.25, -0.2) is 0 Å².